The summed E-state index contributed by atoms with van der Waals surface area (Å²) in [4.78, 5) is 17.5. The Morgan fingerprint density at radius 1 is 1.00 bits per heavy atom. The van der Waals surface area contributed by atoms with Gasteiger partial charge in [-0.25, -0.2) is 4.39 Å². The molecular formula is C29H31FN2O3. The van der Waals surface area contributed by atoms with Crippen molar-refractivity contribution < 1.29 is 19.0 Å². The monoisotopic (exact) mass is 474 g/mol. The first-order valence-corrected chi connectivity index (χ1v) is 12.2. The van der Waals surface area contributed by atoms with E-state index < -0.39 is 0 Å². The van der Waals surface area contributed by atoms with Gasteiger partial charge in [0.1, 0.15) is 11.6 Å². The molecule has 2 aliphatic heterocycles. The van der Waals surface area contributed by atoms with E-state index >= 15 is 0 Å². The summed E-state index contributed by atoms with van der Waals surface area (Å²) in [5, 5.41) is 10.2. The number of ether oxygens (including phenoxy) is 1. The molecule has 3 aromatic rings. The van der Waals surface area contributed by atoms with Crippen molar-refractivity contribution in [2.75, 3.05) is 33.4 Å². The van der Waals surface area contributed by atoms with E-state index in [4.69, 9.17) is 4.74 Å². The first-order valence-electron chi connectivity index (χ1n) is 12.2. The minimum atomic E-state index is -0.345. The highest BCUT2D eigenvalue weighted by atomic mass is 19.1. The lowest BCUT2D eigenvalue weighted by atomic mass is 9.74. The number of benzene rings is 3. The standard InChI is InChI=1S/C29H31FN2O3/c1-35-25-6-4-5-23(17-25)20-7-9-21(10-8-20)28-26-18-31(15-2-3-16-32(26)27(28)19-33)29(34)22-11-13-24(30)14-12-22/h4-14,17,26-28,33H,2-3,15-16,18-19H2,1H3/t26-,27-,28+/m0/s1. The van der Waals surface area contributed by atoms with Gasteiger partial charge in [0.15, 0.2) is 0 Å². The number of hydrogen-bond donors (Lipinski definition) is 1. The number of aliphatic hydroxyl groups is 1. The average molecular weight is 475 g/mol. The number of carbonyl (C=O) groups is 1. The largest absolute Gasteiger partial charge is 0.497 e. The van der Waals surface area contributed by atoms with Crippen molar-refractivity contribution in [2.24, 2.45) is 0 Å². The summed E-state index contributed by atoms with van der Waals surface area (Å²) in [7, 11) is 1.67. The predicted octanol–water partition coefficient (Wildman–Crippen LogP) is 4.57. The zero-order valence-electron chi connectivity index (χ0n) is 19.9. The van der Waals surface area contributed by atoms with Crippen LogP contribution in [0.15, 0.2) is 72.8 Å². The Hall–Kier alpha value is -3.22. The molecule has 1 amide bonds. The highest BCUT2D eigenvalue weighted by molar-refractivity contribution is 5.94. The lowest BCUT2D eigenvalue weighted by Crippen LogP contribution is -2.67. The van der Waals surface area contributed by atoms with Crippen molar-refractivity contribution in [1.82, 2.24) is 9.80 Å². The molecule has 6 heteroatoms. The molecule has 0 aliphatic carbocycles. The Morgan fingerprint density at radius 3 is 2.46 bits per heavy atom. The molecule has 0 saturated carbocycles. The van der Waals surface area contributed by atoms with E-state index in [0.29, 0.717) is 18.7 Å². The SMILES string of the molecule is COc1cccc(-c2ccc([C@H]3[C@H](CO)N4CCCCN(C(=O)c5ccc(F)cc5)C[C@@H]34)cc2)c1. The van der Waals surface area contributed by atoms with Crippen LogP contribution in [-0.4, -0.2) is 66.2 Å². The summed E-state index contributed by atoms with van der Waals surface area (Å²) in [5.41, 5.74) is 3.88. The van der Waals surface area contributed by atoms with E-state index in [1.165, 1.54) is 17.7 Å². The van der Waals surface area contributed by atoms with Gasteiger partial charge in [0.05, 0.1) is 13.7 Å². The first-order chi connectivity index (χ1) is 17.1. The van der Waals surface area contributed by atoms with Crippen LogP contribution in [0.25, 0.3) is 11.1 Å². The molecule has 5 rings (SSSR count). The van der Waals surface area contributed by atoms with Gasteiger partial charge < -0.3 is 14.7 Å². The van der Waals surface area contributed by atoms with Gasteiger partial charge in [0.2, 0.25) is 0 Å². The molecule has 2 heterocycles. The van der Waals surface area contributed by atoms with Crippen LogP contribution in [0.5, 0.6) is 5.75 Å². The normalized spacial score (nSPS) is 22.5. The lowest BCUT2D eigenvalue weighted by molar-refractivity contribution is -0.0606. The first kappa shape index (κ1) is 23.5. The van der Waals surface area contributed by atoms with Crippen LogP contribution in [0.3, 0.4) is 0 Å². The highest BCUT2D eigenvalue weighted by Crippen LogP contribution is 2.42. The molecule has 3 atom stereocenters. The van der Waals surface area contributed by atoms with Crippen LogP contribution >= 0.6 is 0 Å². The number of halogens is 1. The average Bonchev–Trinajstić information content (AvgIpc) is 2.88. The summed E-state index contributed by atoms with van der Waals surface area (Å²) in [6.45, 7) is 2.29. The molecule has 182 valence electrons. The number of fused-ring (bicyclic) bond motifs is 1. The van der Waals surface area contributed by atoms with Crippen molar-refractivity contribution in [3.63, 3.8) is 0 Å². The zero-order chi connectivity index (χ0) is 24.4. The van der Waals surface area contributed by atoms with Crippen LogP contribution in [0, 0.1) is 5.82 Å². The zero-order valence-corrected chi connectivity index (χ0v) is 19.9. The fourth-order valence-corrected chi connectivity index (χ4v) is 5.60. The molecule has 0 aromatic heterocycles. The van der Waals surface area contributed by atoms with Gasteiger partial charge in [0.25, 0.3) is 5.91 Å². The summed E-state index contributed by atoms with van der Waals surface area (Å²) in [6, 6.07) is 22.5. The van der Waals surface area contributed by atoms with Gasteiger partial charge in [-0.3, -0.25) is 9.69 Å². The van der Waals surface area contributed by atoms with Gasteiger partial charge in [0, 0.05) is 36.7 Å². The molecule has 2 aliphatic rings. The second kappa shape index (κ2) is 10.2. The minimum Gasteiger partial charge on any atom is -0.497 e. The molecule has 0 radical (unpaired) electrons. The number of hydrogen-bond acceptors (Lipinski definition) is 4. The number of nitrogens with zero attached hydrogens (tertiary/aromatic N) is 2. The fraction of sp³-hybridized carbons (Fsp3) is 0.345. The Bertz CT molecular complexity index is 1170. The van der Waals surface area contributed by atoms with Crippen LogP contribution < -0.4 is 4.74 Å². The smallest absolute Gasteiger partial charge is 0.253 e. The van der Waals surface area contributed by atoms with Crippen molar-refractivity contribution in [1.29, 1.82) is 0 Å². The Labute approximate surface area is 205 Å². The summed E-state index contributed by atoms with van der Waals surface area (Å²) in [6.07, 6.45) is 1.88. The molecule has 0 unspecified atom stereocenters. The van der Waals surface area contributed by atoms with Gasteiger partial charge in [-0.15, -0.1) is 0 Å². The predicted molar refractivity (Wildman–Crippen MR) is 134 cm³/mol. The third kappa shape index (κ3) is 4.68. The van der Waals surface area contributed by atoms with E-state index in [1.54, 1.807) is 19.2 Å². The molecule has 2 fully saturated rings. The van der Waals surface area contributed by atoms with Crippen LogP contribution in [0.4, 0.5) is 4.39 Å². The van der Waals surface area contributed by atoms with Crippen molar-refractivity contribution in [2.45, 2.75) is 30.8 Å². The van der Waals surface area contributed by atoms with Gasteiger partial charge in [-0.1, -0.05) is 36.4 Å². The topological polar surface area (TPSA) is 53.0 Å². The molecule has 35 heavy (non-hydrogen) atoms. The van der Waals surface area contributed by atoms with Crippen molar-refractivity contribution in [3.05, 3.63) is 89.7 Å². The summed E-state index contributed by atoms with van der Waals surface area (Å²) >= 11 is 0. The third-order valence-electron chi connectivity index (χ3n) is 7.45. The second-order valence-corrected chi connectivity index (χ2v) is 9.40. The van der Waals surface area contributed by atoms with E-state index in [0.717, 1.165) is 36.3 Å². The maximum atomic E-state index is 13.4. The van der Waals surface area contributed by atoms with Gasteiger partial charge in [-0.05, 0) is 72.5 Å². The summed E-state index contributed by atoms with van der Waals surface area (Å²) in [5.74, 6) is 0.553. The Balaban J connectivity index is 1.38. The van der Waals surface area contributed by atoms with E-state index in [9.17, 15) is 14.3 Å². The molecule has 2 saturated heterocycles. The van der Waals surface area contributed by atoms with Crippen LogP contribution in [0.2, 0.25) is 0 Å². The fourth-order valence-electron chi connectivity index (χ4n) is 5.60. The molecular weight excluding hydrogens is 443 g/mol. The quantitative estimate of drug-likeness (QED) is 0.589. The van der Waals surface area contributed by atoms with Gasteiger partial charge >= 0.3 is 0 Å². The Morgan fingerprint density at radius 2 is 1.74 bits per heavy atom. The number of rotatable bonds is 5. The highest BCUT2D eigenvalue weighted by Gasteiger charge is 2.49. The van der Waals surface area contributed by atoms with Gasteiger partial charge in [-0.2, -0.15) is 0 Å². The third-order valence-corrected chi connectivity index (χ3v) is 7.45. The second-order valence-electron chi connectivity index (χ2n) is 9.40. The maximum Gasteiger partial charge on any atom is 0.253 e. The minimum absolute atomic E-state index is 0.0449. The van der Waals surface area contributed by atoms with Crippen LogP contribution in [-0.2, 0) is 0 Å². The molecule has 0 bridgehead atoms. The Kier molecular flexibility index (Phi) is 6.84. The molecule has 1 N–H and O–H groups in total. The van der Waals surface area contributed by atoms with Crippen molar-refractivity contribution in [3.8, 4) is 16.9 Å². The molecule has 5 nitrogen and oxygen atoms in total. The number of methoxy groups -OCH3 is 1. The number of carbonyl (C=O) groups excluding carboxylic acids is 1. The van der Waals surface area contributed by atoms with E-state index in [2.05, 4.69) is 35.2 Å². The molecule has 0 spiro atoms. The van der Waals surface area contributed by atoms with Crippen molar-refractivity contribution >= 4 is 5.91 Å². The maximum absolute atomic E-state index is 13.4. The number of aliphatic hydroxyl groups excluding tert-OH is 1. The summed E-state index contributed by atoms with van der Waals surface area (Å²) < 4.78 is 18.7. The van der Waals surface area contributed by atoms with E-state index in [1.807, 2.05) is 23.1 Å². The lowest BCUT2D eigenvalue weighted by Gasteiger charge is -2.57. The molecule has 3 aromatic carbocycles. The van der Waals surface area contributed by atoms with E-state index in [-0.39, 0.29) is 36.3 Å². The van der Waals surface area contributed by atoms with Crippen LogP contribution in [0.1, 0.15) is 34.7 Å². The number of amides is 1.